The molecule has 222 valence electrons. The molecule has 0 aromatic heterocycles. The van der Waals surface area contributed by atoms with Gasteiger partial charge in [0.2, 0.25) is 5.91 Å². The van der Waals surface area contributed by atoms with Crippen molar-refractivity contribution in [2.45, 2.75) is 83.9 Å². The van der Waals surface area contributed by atoms with Crippen LogP contribution < -0.4 is 10.2 Å². The topological polar surface area (TPSA) is 105 Å². The van der Waals surface area contributed by atoms with E-state index in [2.05, 4.69) is 17.9 Å². The lowest BCUT2D eigenvalue weighted by molar-refractivity contribution is -0.144. The Morgan fingerprint density at radius 3 is 2.44 bits per heavy atom. The molecule has 0 saturated carbocycles. The summed E-state index contributed by atoms with van der Waals surface area (Å²) in [7, 11) is 0. The number of anilines is 1. The quantitative estimate of drug-likeness (QED) is 0.216. The normalized spacial score (nSPS) is 15.1. The number of esters is 1. The van der Waals surface area contributed by atoms with Crippen molar-refractivity contribution in [2.24, 2.45) is 0 Å². The molecule has 0 aliphatic carbocycles. The van der Waals surface area contributed by atoms with Crippen molar-refractivity contribution < 1.29 is 28.7 Å². The molecule has 1 aliphatic rings. The molecular formula is C31H41N3O6S. The second-order valence-electron chi connectivity index (χ2n) is 11.2. The molecule has 41 heavy (non-hydrogen) atoms. The highest BCUT2D eigenvalue weighted by Crippen LogP contribution is 2.30. The van der Waals surface area contributed by atoms with Gasteiger partial charge in [-0.1, -0.05) is 36.4 Å². The van der Waals surface area contributed by atoms with Crippen LogP contribution in [0.4, 0.5) is 10.5 Å². The zero-order valence-electron chi connectivity index (χ0n) is 24.5. The average molecular weight is 584 g/mol. The fourth-order valence-corrected chi connectivity index (χ4v) is 4.91. The van der Waals surface area contributed by atoms with Gasteiger partial charge in [-0.25, -0.2) is 4.79 Å². The predicted molar refractivity (Wildman–Crippen MR) is 161 cm³/mol. The average Bonchev–Trinajstić information content (AvgIpc) is 2.98. The first-order valence-corrected chi connectivity index (χ1v) is 14.5. The van der Waals surface area contributed by atoms with Gasteiger partial charge < -0.3 is 24.6 Å². The van der Waals surface area contributed by atoms with Crippen molar-refractivity contribution in [1.29, 1.82) is 0 Å². The Morgan fingerprint density at radius 2 is 1.78 bits per heavy atom. The summed E-state index contributed by atoms with van der Waals surface area (Å²) in [6.07, 6.45) is 1.40. The van der Waals surface area contributed by atoms with Crippen LogP contribution in [0.3, 0.4) is 0 Å². The van der Waals surface area contributed by atoms with Crippen LogP contribution in [0.15, 0.2) is 48.5 Å². The molecule has 0 saturated heterocycles. The summed E-state index contributed by atoms with van der Waals surface area (Å²) < 4.78 is 10.4. The lowest BCUT2D eigenvalue weighted by Crippen LogP contribution is -2.44. The fourth-order valence-electron chi connectivity index (χ4n) is 4.62. The molecular weight excluding hydrogens is 542 g/mol. The molecule has 0 bridgehead atoms. The Kier molecular flexibility index (Phi) is 11.2. The summed E-state index contributed by atoms with van der Waals surface area (Å²) in [6.45, 7) is 9.29. The number of ether oxygens (including phenoxy) is 2. The van der Waals surface area contributed by atoms with E-state index < -0.39 is 23.7 Å². The second-order valence-corrected chi connectivity index (χ2v) is 11.8. The van der Waals surface area contributed by atoms with Gasteiger partial charge in [-0.2, -0.15) is 12.6 Å². The number of nitrogens with zero attached hydrogens (tertiary/aromatic N) is 2. The number of carbonyl (C=O) groups excluding carboxylic acids is 4. The summed E-state index contributed by atoms with van der Waals surface area (Å²) in [5.74, 6) is -0.947. The molecule has 0 fully saturated rings. The highest BCUT2D eigenvalue weighted by Gasteiger charge is 2.35. The number of nitrogens with one attached hydrogen (secondary N) is 1. The molecule has 3 rings (SSSR count). The van der Waals surface area contributed by atoms with Crippen molar-refractivity contribution in [1.82, 2.24) is 10.2 Å². The van der Waals surface area contributed by atoms with Crippen molar-refractivity contribution in [3.8, 4) is 0 Å². The molecule has 2 unspecified atom stereocenters. The van der Waals surface area contributed by atoms with E-state index in [1.807, 2.05) is 48.5 Å². The van der Waals surface area contributed by atoms with Crippen LogP contribution in [-0.2, 0) is 32.0 Å². The molecule has 10 heteroatoms. The molecule has 1 N–H and O–H groups in total. The maximum absolute atomic E-state index is 13.9. The van der Waals surface area contributed by atoms with Crippen molar-refractivity contribution in [3.05, 3.63) is 65.2 Å². The second kappa shape index (κ2) is 14.4. The van der Waals surface area contributed by atoms with E-state index >= 15 is 0 Å². The molecule has 1 heterocycles. The van der Waals surface area contributed by atoms with Gasteiger partial charge in [0.25, 0.3) is 5.91 Å². The van der Waals surface area contributed by atoms with Gasteiger partial charge in [0.05, 0.1) is 36.2 Å². The van der Waals surface area contributed by atoms with E-state index in [9.17, 15) is 19.2 Å². The molecule has 1 aliphatic heterocycles. The first-order valence-electron chi connectivity index (χ1n) is 14.0. The number of thiol groups is 1. The summed E-state index contributed by atoms with van der Waals surface area (Å²) in [4.78, 5) is 54.7. The largest absolute Gasteiger partial charge is 0.466 e. The van der Waals surface area contributed by atoms with E-state index in [1.165, 1.54) is 4.90 Å². The Bertz CT molecular complexity index is 1230. The van der Waals surface area contributed by atoms with Crippen LogP contribution in [0.2, 0.25) is 0 Å². The summed E-state index contributed by atoms with van der Waals surface area (Å²) in [6, 6.07) is 14.6. The van der Waals surface area contributed by atoms with Gasteiger partial charge >= 0.3 is 12.1 Å². The highest BCUT2D eigenvalue weighted by molar-refractivity contribution is 7.80. The third kappa shape index (κ3) is 9.52. The van der Waals surface area contributed by atoms with E-state index in [-0.39, 0.29) is 36.8 Å². The zero-order chi connectivity index (χ0) is 30.2. The minimum atomic E-state index is -0.594. The maximum atomic E-state index is 13.9. The van der Waals surface area contributed by atoms with E-state index in [1.54, 1.807) is 39.5 Å². The molecule has 0 radical (unpaired) electrons. The number of carbonyl (C=O) groups is 4. The summed E-state index contributed by atoms with van der Waals surface area (Å²) in [5.41, 5.74) is 2.21. The van der Waals surface area contributed by atoms with E-state index in [0.29, 0.717) is 37.1 Å². The lowest BCUT2D eigenvalue weighted by atomic mass is 10.0. The molecule has 2 aromatic rings. The third-order valence-electron chi connectivity index (χ3n) is 6.56. The molecule has 3 amide bonds. The number of hydrogen-bond donors (Lipinski definition) is 2. The minimum absolute atomic E-state index is 0.00541. The third-order valence-corrected chi connectivity index (χ3v) is 6.95. The summed E-state index contributed by atoms with van der Waals surface area (Å²) >= 11 is 4.46. The van der Waals surface area contributed by atoms with Crippen LogP contribution in [0.1, 0.15) is 75.4 Å². The number of fused-ring (bicyclic) bond motifs is 1. The number of rotatable bonds is 11. The van der Waals surface area contributed by atoms with Gasteiger partial charge in [0.1, 0.15) is 12.1 Å². The van der Waals surface area contributed by atoms with Crippen LogP contribution >= 0.6 is 12.6 Å². The fraction of sp³-hybridized carbons (Fsp3) is 0.484. The zero-order valence-corrected chi connectivity index (χ0v) is 25.4. The monoisotopic (exact) mass is 583 g/mol. The minimum Gasteiger partial charge on any atom is -0.466 e. The van der Waals surface area contributed by atoms with Gasteiger partial charge in [0, 0.05) is 6.04 Å². The lowest BCUT2D eigenvalue weighted by Gasteiger charge is -2.27. The van der Waals surface area contributed by atoms with Crippen LogP contribution in [0.25, 0.3) is 0 Å². The standard InChI is InChI=1S/C31H41N3O6S/c1-6-39-28(36)17-21(2)33-20-27(35)34(19-23-11-8-7-9-12-23)25-16-15-22(18-24(25)29(33)37)13-10-14-26(41)32-30(38)40-31(3,4)5/h7-9,11-12,15-16,18,21,26,41H,6,10,13-14,17,19-20H2,1-5H3,(H,32,38). The molecule has 2 aromatic carbocycles. The Hall–Kier alpha value is -3.53. The number of alkyl carbamates (subject to hydrolysis) is 1. The molecule has 0 spiro atoms. The smallest absolute Gasteiger partial charge is 0.408 e. The van der Waals surface area contributed by atoms with Gasteiger partial charge in [0.15, 0.2) is 0 Å². The van der Waals surface area contributed by atoms with E-state index in [0.717, 1.165) is 11.1 Å². The number of amides is 3. The molecule has 2 atom stereocenters. The van der Waals surface area contributed by atoms with Gasteiger partial charge in [-0.05, 0) is 77.1 Å². The first kappa shape index (κ1) is 32.0. The maximum Gasteiger partial charge on any atom is 0.408 e. The number of benzene rings is 2. The van der Waals surface area contributed by atoms with Crippen molar-refractivity contribution in [3.63, 3.8) is 0 Å². The predicted octanol–water partition coefficient (Wildman–Crippen LogP) is 5.12. The van der Waals surface area contributed by atoms with Crippen molar-refractivity contribution in [2.75, 3.05) is 18.1 Å². The van der Waals surface area contributed by atoms with Crippen LogP contribution in [-0.4, -0.2) is 58.9 Å². The van der Waals surface area contributed by atoms with E-state index in [4.69, 9.17) is 9.47 Å². The first-order chi connectivity index (χ1) is 19.4. The Morgan fingerprint density at radius 1 is 1.07 bits per heavy atom. The van der Waals surface area contributed by atoms with Gasteiger partial charge in [-0.15, -0.1) is 0 Å². The SMILES string of the molecule is CCOC(=O)CC(C)N1CC(=O)N(Cc2ccccc2)c2ccc(CCCC(S)NC(=O)OC(C)(C)C)cc2C1=O. The number of hydrogen-bond acceptors (Lipinski definition) is 7. The van der Waals surface area contributed by atoms with Crippen LogP contribution in [0.5, 0.6) is 0 Å². The van der Waals surface area contributed by atoms with Crippen molar-refractivity contribution >= 4 is 42.2 Å². The summed E-state index contributed by atoms with van der Waals surface area (Å²) in [5, 5.41) is 2.34. The van der Waals surface area contributed by atoms with Gasteiger partial charge in [-0.3, -0.25) is 14.4 Å². The number of aryl methyl sites for hydroxylation is 1. The van der Waals surface area contributed by atoms with Crippen LogP contribution in [0, 0.1) is 0 Å². The highest BCUT2D eigenvalue weighted by atomic mass is 32.1. The Labute approximate surface area is 248 Å². The molecule has 9 nitrogen and oxygen atoms in total. The Balaban J connectivity index is 1.81.